The molecule has 0 rings (SSSR count). The van der Waals surface area contributed by atoms with Crippen LogP contribution in [0.2, 0.25) is 13.6 Å². The Morgan fingerprint density at radius 1 is 1.17 bits per heavy atom. The molecule has 3 heteroatoms. The summed E-state index contributed by atoms with van der Waals surface area (Å²) in [6, 6.07) is 0. The van der Waals surface area contributed by atoms with E-state index in [2.05, 4.69) is 13.6 Å². The molecule has 1 N–H and O–H groups in total. The summed E-state index contributed by atoms with van der Waals surface area (Å²) in [4.78, 5) is 0. The average Bonchev–Trinajstić information content (AvgIpc) is 1.81. The first kappa shape index (κ1) is 12.0. The van der Waals surface area contributed by atoms with Crippen LogP contribution in [-0.2, 0) is 4.74 Å². The normalized spacial score (nSPS) is 13.2. The highest BCUT2D eigenvalue weighted by Crippen LogP contribution is 2.24. The summed E-state index contributed by atoms with van der Waals surface area (Å²) in [5.74, 6) is 0. The molecule has 0 aliphatic rings. The van der Waals surface area contributed by atoms with Crippen molar-refractivity contribution in [1.82, 2.24) is 0 Å². The van der Waals surface area contributed by atoms with Gasteiger partial charge in [0.2, 0.25) is 0 Å². The molecular formula is C9H21BO2. The summed E-state index contributed by atoms with van der Waals surface area (Å²) >= 11 is 0. The molecule has 0 aromatic rings. The molecule has 0 saturated heterocycles. The van der Waals surface area contributed by atoms with Crippen molar-refractivity contribution in [2.45, 2.75) is 52.5 Å². The Bertz CT molecular complexity index is 136. The van der Waals surface area contributed by atoms with Gasteiger partial charge in [-0.2, -0.15) is 0 Å². The second-order valence-electron chi connectivity index (χ2n) is 4.77. The SMILES string of the molecule is CB(C)COC(C)(C)C(C)(C)O. The van der Waals surface area contributed by atoms with E-state index in [0.29, 0.717) is 13.2 Å². The number of hydrogen-bond acceptors (Lipinski definition) is 2. The standard InChI is InChI=1S/C9H21BO2/c1-8(2,11)9(3,4)12-7-10(5)6/h11H,7H2,1-6H3. The first-order valence-electron chi connectivity index (χ1n) is 4.53. The van der Waals surface area contributed by atoms with E-state index in [1.807, 2.05) is 13.8 Å². The molecule has 0 bridgehead atoms. The third-order valence-corrected chi connectivity index (χ3v) is 2.25. The Morgan fingerprint density at radius 3 is 1.83 bits per heavy atom. The number of rotatable bonds is 4. The lowest BCUT2D eigenvalue weighted by Crippen LogP contribution is -2.48. The Hall–Kier alpha value is -0.0151. The highest BCUT2D eigenvalue weighted by Gasteiger charge is 2.35. The minimum Gasteiger partial charge on any atom is -0.387 e. The van der Waals surface area contributed by atoms with Crippen molar-refractivity contribution in [3.8, 4) is 0 Å². The van der Waals surface area contributed by atoms with Gasteiger partial charge in [-0.3, -0.25) is 0 Å². The van der Waals surface area contributed by atoms with Gasteiger partial charge in [0, 0.05) is 6.51 Å². The zero-order valence-corrected chi connectivity index (χ0v) is 9.14. The maximum atomic E-state index is 9.73. The van der Waals surface area contributed by atoms with Crippen LogP contribution in [-0.4, -0.2) is 29.5 Å². The van der Waals surface area contributed by atoms with Gasteiger partial charge >= 0.3 is 0 Å². The monoisotopic (exact) mass is 172 g/mol. The first-order chi connectivity index (χ1) is 5.17. The van der Waals surface area contributed by atoms with Gasteiger partial charge in [0.15, 0.2) is 6.71 Å². The molecule has 0 unspecified atom stereocenters. The summed E-state index contributed by atoms with van der Waals surface area (Å²) in [5.41, 5.74) is -1.26. The third-order valence-electron chi connectivity index (χ3n) is 2.25. The molecular weight excluding hydrogens is 151 g/mol. The minimum absolute atomic E-state index is 0.475. The second kappa shape index (κ2) is 3.80. The van der Waals surface area contributed by atoms with Gasteiger partial charge in [0.1, 0.15) is 0 Å². The fourth-order valence-corrected chi connectivity index (χ4v) is 0.552. The Labute approximate surface area is 76.4 Å². The highest BCUT2D eigenvalue weighted by molar-refractivity contribution is 6.55. The summed E-state index contributed by atoms with van der Waals surface area (Å²) in [5, 5.41) is 9.73. The molecule has 0 atom stereocenters. The number of aliphatic hydroxyl groups is 1. The maximum absolute atomic E-state index is 9.73. The first-order valence-corrected chi connectivity index (χ1v) is 4.53. The quantitative estimate of drug-likeness (QED) is 0.655. The van der Waals surface area contributed by atoms with Gasteiger partial charge in [0.05, 0.1) is 11.2 Å². The molecule has 0 amide bonds. The molecule has 0 aliphatic heterocycles. The van der Waals surface area contributed by atoms with Gasteiger partial charge in [-0.05, 0) is 27.7 Å². The van der Waals surface area contributed by atoms with Crippen LogP contribution in [0.5, 0.6) is 0 Å². The van der Waals surface area contributed by atoms with Crippen molar-refractivity contribution in [3.05, 3.63) is 0 Å². The van der Waals surface area contributed by atoms with E-state index in [1.54, 1.807) is 13.8 Å². The fourth-order valence-electron chi connectivity index (χ4n) is 0.552. The Balaban J connectivity index is 4.05. The van der Waals surface area contributed by atoms with Crippen LogP contribution in [0, 0.1) is 0 Å². The van der Waals surface area contributed by atoms with Gasteiger partial charge in [-0.1, -0.05) is 13.6 Å². The maximum Gasteiger partial charge on any atom is 0.165 e. The van der Waals surface area contributed by atoms with Crippen LogP contribution < -0.4 is 0 Å². The molecule has 2 nitrogen and oxygen atoms in total. The third kappa shape index (κ3) is 3.59. The van der Waals surface area contributed by atoms with Crippen LogP contribution in [0.4, 0.5) is 0 Å². The summed E-state index contributed by atoms with van der Waals surface area (Å²) in [7, 11) is 0. The Kier molecular flexibility index (Phi) is 3.79. The average molecular weight is 172 g/mol. The van der Waals surface area contributed by atoms with E-state index < -0.39 is 11.2 Å². The van der Waals surface area contributed by atoms with E-state index >= 15 is 0 Å². The predicted molar refractivity (Wildman–Crippen MR) is 53.8 cm³/mol. The van der Waals surface area contributed by atoms with Gasteiger partial charge in [0.25, 0.3) is 0 Å². The topological polar surface area (TPSA) is 29.5 Å². The molecule has 0 heterocycles. The number of hydrogen-bond donors (Lipinski definition) is 1. The second-order valence-corrected chi connectivity index (χ2v) is 4.77. The van der Waals surface area contributed by atoms with E-state index in [-0.39, 0.29) is 0 Å². The molecule has 0 saturated carbocycles. The van der Waals surface area contributed by atoms with Crippen LogP contribution in [0.15, 0.2) is 0 Å². The molecule has 0 spiro atoms. The fraction of sp³-hybridized carbons (Fsp3) is 1.00. The Morgan fingerprint density at radius 2 is 1.58 bits per heavy atom. The van der Waals surface area contributed by atoms with Crippen molar-refractivity contribution in [2.24, 2.45) is 0 Å². The van der Waals surface area contributed by atoms with Crippen LogP contribution in [0.1, 0.15) is 27.7 Å². The van der Waals surface area contributed by atoms with Crippen LogP contribution in [0.3, 0.4) is 0 Å². The molecule has 0 aliphatic carbocycles. The predicted octanol–water partition coefficient (Wildman–Crippen LogP) is 1.85. The summed E-state index contributed by atoms with van der Waals surface area (Å²) in [6.07, 6.45) is 0. The molecule has 0 aromatic carbocycles. The lowest BCUT2D eigenvalue weighted by Gasteiger charge is -2.37. The molecule has 72 valence electrons. The van der Waals surface area contributed by atoms with Crippen molar-refractivity contribution < 1.29 is 9.84 Å². The van der Waals surface area contributed by atoms with Gasteiger partial charge in [-0.15, -0.1) is 0 Å². The van der Waals surface area contributed by atoms with E-state index in [0.717, 1.165) is 0 Å². The minimum atomic E-state index is -0.790. The zero-order chi connectivity index (χ0) is 9.99. The molecule has 0 radical (unpaired) electrons. The molecule has 0 fully saturated rings. The van der Waals surface area contributed by atoms with Crippen molar-refractivity contribution >= 4 is 6.71 Å². The van der Waals surface area contributed by atoms with E-state index in [1.165, 1.54) is 0 Å². The van der Waals surface area contributed by atoms with Crippen molar-refractivity contribution in [2.75, 3.05) is 6.51 Å². The smallest absolute Gasteiger partial charge is 0.165 e. The summed E-state index contributed by atoms with van der Waals surface area (Å²) in [6.45, 7) is 12.8. The lowest BCUT2D eigenvalue weighted by atomic mass is 9.56. The largest absolute Gasteiger partial charge is 0.387 e. The van der Waals surface area contributed by atoms with Gasteiger partial charge < -0.3 is 9.84 Å². The van der Waals surface area contributed by atoms with Crippen molar-refractivity contribution in [1.29, 1.82) is 0 Å². The summed E-state index contributed by atoms with van der Waals surface area (Å²) < 4.78 is 5.61. The zero-order valence-electron chi connectivity index (χ0n) is 9.14. The molecule has 0 aromatic heterocycles. The number of ether oxygens (including phenoxy) is 1. The van der Waals surface area contributed by atoms with E-state index in [9.17, 15) is 5.11 Å². The van der Waals surface area contributed by atoms with Crippen LogP contribution in [0.25, 0.3) is 0 Å². The van der Waals surface area contributed by atoms with Gasteiger partial charge in [-0.25, -0.2) is 0 Å². The van der Waals surface area contributed by atoms with Crippen molar-refractivity contribution in [3.63, 3.8) is 0 Å². The molecule has 12 heavy (non-hydrogen) atoms. The lowest BCUT2D eigenvalue weighted by molar-refractivity contribution is -0.136. The van der Waals surface area contributed by atoms with E-state index in [4.69, 9.17) is 4.74 Å². The highest BCUT2D eigenvalue weighted by atomic mass is 16.5. The van der Waals surface area contributed by atoms with Crippen LogP contribution >= 0.6 is 0 Å².